The van der Waals surface area contributed by atoms with Gasteiger partial charge in [0, 0.05) is 11.5 Å². The first-order valence-electron chi connectivity index (χ1n) is 9.73. The Morgan fingerprint density at radius 3 is 2.38 bits per heavy atom. The van der Waals surface area contributed by atoms with E-state index in [0.29, 0.717) is 21.7 Å². The molecule has 3 aliphatic rings. The van der Waals surface area contributed by atoms with Gasteiger partial charge >= 0.3 is 5.97 Å². The van der Waals surface area contributed by atoms with Crippen LogP contribution in [0, 0.1) is 17.8 Å². The molecule has 4 heteroatoms. The predicted octanol–water partition coefficient (Wildman–Crippen LogP) is 5.75. The molecule has 136 valence electrons. The standard InChI is InChI=1S/C22H24O2S2/c23-21(24-20-9-8-15-4-1-2-5-16(15)14-20)17-12-18-6-3-7-19(13-17)22(18)25-10-11-26-22/h1-2,4-5,8-9,14,17-19H,3,6-7,10-13H2. The van der Waals surface area contributed by atoms with Crippen molar-refractivity contribution in [2.24, 2.45) is 17.8 Å². The second-order valence-corrected chi connectivity index (χ2v) is 10.8. The normalized spacial score (nSPS) is 29.8. The first kappa shape index (κ1) is 17.0. The van der Waals surface area contributed by atoms with Crippen LogP contribution < -0.4 is 4.74 Å². The summed E-state index contributed by atoms with van der Waals surface area (Å²) in [7, 11) is 0. The minimum Gasteiger partial charge on any atom is -0.426 e. The van der Waals surface area contributed by atoms with Gasteiger partial charge in [0.15, 0.2) is 0 Å². The Labute approximate surface area is 163 Å². The summed E-state index contributed by atoms with van der Waals surface area (Å²) in [6, 6.07) is 14.1. The number of benzene rings is 2. The molecule has 1 aliphatic heterocycles. The third-order valence-corrected chi connectivity index (χ3v) is 10.4. The Kier molecular flexibility index (Phi) is 4.44. The van der Waals surface area contributed by atoms with Crippen molar-refractivity contribution in [1.29, 1.82) is 0 Å². The Bertz CT molecular complexity index is 812. The van der Waals surface area contributed by atoms with Crippen LogP contribution in [0.1, 0.15) is 32.1 Å². The van der Waals surface area contributed by atoms with Gasteiger partial charge in [-0.1, -0.05) is 36.8 Å². The van der Waals surface area contributed by atoms with Gasteiger partial charge in [0.1, 0.15) is 5.75 Å². The van der Waals surface area contributed by atoms with Gasteiger partial charge in [0.25, 0.3) is 0 Å². The highest BCUT2D eigenvalue weighted by atomic mass is 32.2. The van der Waals surface area contributed by atoms with Gasteiger partial charge in [-0.3, -0.25) is 4.79 Å². The van der Waals surface area contributed by atoms with Crippen molar-refractivity contribution in [3.05, 3.63) is 42.5 Å². The fourth-order valence-corrected chi connectivity index (χ4v) is 9.17. The third-order valence-electron chi connectivity index (χ3n) is 6.39. The van der Waals surface area contributed by atoms with E-state index in [1.54, 1.807) is 0 Å². The summed E-state index contributed by atoms with van der Waals surface area (Å²) in [5.41, 5.74) is 0. The van der Waals surface area contributed by atoms with Crippen LogP contribution in [0.25, 0.3) is 10.8 Å². The van der Waals surface area contributed by atoms with E-state index in [9.17, 15) is 4.79 Å². The molecule has 0 aromatic heterocycles. The van der Waals surface area contributed by atoms with Crippen LogP contribution in [0.5, 0.6) is 5.75 Å². The van der Waals surface area contributed by atoms with Crippen LogP contribution in [-0.4, -0.2) is 21.6 Å². The van der Waals surface area contributed by atoms with Crippen LogP contribution in [0.2, 0.25) is 0 Å². The third kappa shape index (κ3) is 2.86. The van der Waals surface area contributed by atoms with Crippen molar-refractivity contribution < 1.29 is 9.53 Å². The lowest BCUT2D eigenvalue weighted by Gasteiger charge is -2.51. The largest absolute Gasteiger partial charge is 0.426 e. The van der Waals surface area contributed by atoms with Gasteiger partial charge in [-0.2, -0.15) is 0 Å². The molecule has 26 heavy (non-hydrogen) atoms. The highest BCUT2D eigenvalue weighted by Gasteiger charge is 2.55. The summed E-state index contributed by atoms with van der Waals surface area (Å²) in [6.45, 7) is 0. The van der Waals surface area contributed by atoms with Crippen LogP contribution in [0.15, 0.2) is 42.5 Å². The number of hydrogen-bond donors (Lipinski definition) is 0. The molecule has 2 bridgehead atoms. The molecular formula is C22H24O2S2. The van der Waals surface area contributed by atoms with Gasteiger partial charge in [0.05, 0.1) is 10.00 Å². The van der Waals surface area contributed by atoms with Gasteiger partial charge in [-0.25, -0.2) is 0 Å². The van der Waals surface area contributed by atoms with Gasteiger partial charge in [0.2, 0.25) is 0 Å². The first-order valence-corrected chi connectivity index (χ1v) is 11.7. The Hall–Kier alpha value is -1.13. The topological polar surface area (TPSA) is 26.3 Å². The van der Waals surface area contributed by atoms with Crippen molar-refractivity contribution in [3.8, 4) is 5.75 Å². The molecule has 2 unspecified atom stereocenters. The average molecular weight is 385 g/mol. The van der Waals surface area contributed by atoms with E-state index in [1.807, 2.05) is 30.3 Å². The number of thioether (sulfide) groups is 2. The summed E-state index contributed by atoms with van der Waals surface area (Å²) in [4.78, 5) is 12.9. The molecule has 2 aliphatic carbocycles. The summed E-state index contributed by atoms with van der Waals surface area (Å²) < 4.78 is 6.24. The van der Waals surface area contributed by atoms with E-state index in [4.69, 9.17) is 4.74 Å². The lowest BCUT2D eigenvalue weighted by molar-refractivity contribution is -0.141. The van der Waals surface area contributed by atoms with E-state index in [-0.39, 0.29) is 11.9 Å². The highest BCUT2D eigenvalue weighted by Crippen LogP contribution is 2.64. The van der Waals surface area contributed by atoms with Crippen molar-refractivity contribution in [2.45, 2.75) is 36.2 Å². The second-order valence-electron chi connectivity index (χ2n) is 7.84. The zero-order chi connectivity index (χ0) is 17.6. The molecule has 0 amide bonds. The van der Waals surface area contributed by atoms with E-state index in [2.05, 4.69) is 35.7 Å². The molecule has 2 atom stereocenters. The zero-order valence-electron chi connectivity index (χ0n) is 14.9. The number of fused-ring (bicyclic) bond motifs is 1. The van der Waals surface area contributed by atoms with E-state index < -0.39 is 0 Å². The van der Waals surface area contributed by atoms with Crippen molar-refractivity contribution in [1.82, 2.24) is 0 Å². The molecule has 2 saturated carbocycles. The number of ether oxygens (including phenoxy) is 1. The fraction of sp³-hybridized carbons (Fsp3) is 0.500. The molecule has 1 heterocycles. The van der Waals surface area contributed by atoms with Gasteiger partial charge in [-0.15, -0.1) is 23.5 Å². The maximum Gasteiger partial charge on any atom is 0.314 e. The fourth-order valence-electron chi connectivity index (χ4n) is 5.23. The quantitative estimate of drug-likeness (QED) is 0.487. The number of carbonyl (C=O) groups is 1. The molecular weight excluding hydrogens is 360 g/mol. The lowest BCUT2D eigenvalue weighted by atomic mass is 9.67. The molecule has 3 fully saturated rings. The lowest BCUT2D eigenvalue weighted by Crippen LogP contribution is -2.48. The second kappa shape index (κ2) is 6.79. The summed E-state index contributed by atoms with van der Waals surface area (Å²) >= 11 is 4.38. The number of rotatable bonds is 2. The Morgan fingerprint density at radius 1 is 0.962 bits per heavy atom. The molecule has 0 N–H and O–H groups in total. The zero-order valence-corrected chi connectivity index (χ0v) is 16.5. The highest BCUT2D eigenvalue weighted by molar-refractivity contribution is 8.21. The van der Waals surface area contributed by atoms with E-state index in [1.165, 1.54) is 36.2 Å². The number of carbonyl (C=O) groups excluding carboxylic acids is 1. The minimum atomic E-state index is -0.0139. The van der Waals surface area contributed by atoms with E-state index >= 15 is 0 Å². The van der Waals surface area contributed by atoms with Crippen LogP contribution in [0.4, 0.5) is 0 Å². The molecule has 0 radical (unpaired) electrons. The summed E-state index contributed by atoms with van der Waals surface area (Å²) in [6.07, 6.45) is 5.95. The Morgan fingerprint density at radius 2 is 1.65 bits per heavy atom. The molecule has 1 spiro atoms. The van der Waals surface area contributed by atoms with Crippen molar-refractivity contribution >= 4 is 40.3 Å². The smallest absolute Gasteiger partial charge is 0.314 e. The van der Waals surface area contributed by atoms with Gasteiger partial charge < -0.3 is 4.74 Å². The predicted molar refractivity (Wildman–Crippen MR) is 111 cm³/mol. The molecule has 2 aromatic rings. The Balaban J connectivity index is 1.33. The number of esters is 1. The minimum absolute atomic E-state index is 0.0139. The van der Waals surface area contributed by atoms with Crippen molar-refractivity contribution in [2.75, 3.05) is 11.5 Å². The molecule has 1 saturated heterocycles. The van der Waals surface area contributed by atoms with Crippen LogP contribution >= 0.6 is 23.5 Å². The summed E-state index contributed by atoms with van der Waals surface area (Å²) in [5.74, 6) is 4.67. The number of hydrogen-bond acceptors (Lipinski definition) is 4. The first-order chi connectivity index (χ1) is 12.7. The monoisotopic (exact) mass is 384 g/mol. The summed E-state index contributed by atoms with van der Waals surface area (Å²) in [5, 5.41) is 2.30. The maximum atomic E-state index is 12.9. The van der Waals surface area contributed by atoms with Crippen LogP contribution in [0.3, 0.4) is 0 Å². The maximum absolute atomic E-state index is 12.9. The van der Waals surface area contributed by atoms with Crippen molar-refractivity contribution in [3.63, 3.8) is 0 Å². The van der Waals surface area contributed by atoms with Gasteiger partial charge in [-0.05, 0) is 60.4 Å². The molecule has 2 aromatic carbocycles. The van der Waals surface area contributed by atoms with E-state index in [0.717, 1.165) is 18.2 Å². The molecule has 2 nitrogen and oxygen atoms in total. The average Bonchev–Trinajstić information content (AvgIpc) is 3.11. The molecule has 5 rings (SSSR count). The SMILES string of the molecule is O=C(Oc1ccc2ccccc2c1)C1CC2CCCC(C1)C21SCCS1. The van der Waals surface area contributed by atoms with Crippen LogP contribution in [-0.2, 0) is 4.79 Å².